The second-order valence-electron chi connectivity index (χ2n) is 6.52. The van der Waals surface area contributed by atoms with E-state index in [1.807, 2.05) is 4.90 Å². The largest absolute Gasteiger partial charge is 0.375 e. The third-order valence-corrected chi connectivity index (χ3v) is 4.95. The van der Waals surface area contributed by atoms with Gasteiger partial charge in [-0.05, 0) is 37.0 Å². The average molecular weight is 334 g/mol. The van der Waals surface area contributed by atoms with Gasteiger partial charge < -0.3 is 15.0 Å². The number of hydrogen-bond donors (Lipinski definition) is 1. The van der Waals surface area contributed by atoms with Gasteiger partial charge in [-0.25, -0.2) is 4.39 Å². The zero-order valence-corrected chi connectivity index (χ0v) is 13.8. The lowest BCUT2D eigenvalue weighted by atomic mass is 9.97. The molecule has 2 aliphatic rings. The highest BCUT2D eigenvalue weighted by atomic mass is 19.1. The van der Waals surface area contributed by atoms with Crippen LogP contribution < -0.4 is 5.32 Å². The molecule has 0 aromatic heterocycles. The average Bonchev–Trinajstić information content (AvgIpc) is 2.88. The van der Waals surface area contributed by atoms with Gasteiger partial charge in [0.25, 0.3) is 0 Å². The van der Waals surface area contributed by atoms with Crippen LogP contribution in [0.25, 0.3) is 0 Å². The molecule has 2 aliphatic heterocycles. The molecule has 5 nitrogen and oxygen atoms in total. The monoisotopic (exact) mass is 334 g/mol. The number of amides is 2. The van der Waals surface area contributed by atoms with E-state index in [0.717, 1.165) is 24.8 Å². The summed E-state index contributed by atoms with van der Waals surface area (Å²) in [4.78, 5) is 26.5. The van der Waals surface area contributed by atoms with Crippen LogP contribution in [0.4, 0.5) is 4.39 Å². The molecule has 0 aliphatic carbocycles. The molecule has 0 bridgehead atoms. The van der Waals surface area contributed by atoms with Crippen molar-refractivity contribution in [3.05, 3.63) is 35.6 Å². The number of rotatable bonds is 3. The Morgan fingerprint density at radius 1 is 1.33 bits per heavy atom. The van der Waals surface area contributed by atoms with Crippen molar-refractivity contribution >= 4 is 11.8 Å². The molecule has 1 aromatic rings. The maximum Gasteiger partial charge on any atom is 0.249 e. The molecule has 0 spiro atoms. The number of carbonyl (C=O) groups is 2. The number of likely N-dealkylation sites (tertiary alicyclic amines) is 1. The van der Waals surface area contributed by atoms with E-state index in [1.165, 1.54) is 19.2 Å². The van der Waals surface area contributed by atoms with Crippen molar-refractivity contribution in [2.45, 2.75) is 50.2 Å². The molecule has 24 heavy (non-hydrogen) atoms. The third kappa shape index (κ3) is 3.43. The van der Waals surface area contributed by atoms with E-state index in [2.05, 4.69) is 5.32 Å². The number of carbonyl (C=O) groups excluding carboxylic acids is 2. The second kappa shape index (κ2) is 7.30. The molecule has 2 amide bonds. The summed E-state index contributed by atoms with van der Waals surface area (Å²) in [6.45, 7) is 0.00879. The normalized spacial score (nSPS) is 27.2. The van der Waals surface area contributed by atoms with Crippen LogP contribution in [0.3, 0.4) is 0 Å². The Labute approximate surface area is 141 Å². The van der Waals surface area contributed by atoms with Gasteiger partial charge in [0.1, 0.15) is 12.4 Å². The number of nitrogens with one attached hydrogen (secondary N) is 1. The lowest BCUT2D eigenvalue weighted by molar-refractivity contribution is -0.139. The summed E-state index contributed by atoms with van der Waals surface area (Å²) >= 11 is 0. The number of fused-ring (bicyclic) bond motifs is 1. The molecule has 1 aromatic carbocycles. The Morgan fingerprint density at radius 3 is 2.79 bits per heavy atom. The van der Waals surface area contributed by atoms with Gasteiger partial charge in [0.05, 0.1) is 18.1 Å². The fourth-order valence-electron chi connectivity index (χ4n) is 3.89. The highest BCUT2D eigenvalue weighted by molar-refractivity contribution is 5.80. The summed E-state index contributed by atoms with van der Waals surface area (Å²) in [6.07, 6.45) is 3.80. The van der Waals surface area contributed by atoms with Gasteiger partial charge in [-0.3, -0.25) is 9.59 Å². The third-order valence-electron chi connectivity index (χ3n) is 4.95. The van der Waals surface area contributed by atoms with E-state index in [0.29, 0.717) is 12.8 Å². The first kappa shape index (κ1) is 16.9. The van der Waals surface area contributed by atoms with Gasteiger partial charge in [0.15, 0.2) is 0 Å². The maximum absolute atomic E-state index is 13.2. The van der Waals surface area contributed by atoms with E-state index < -0.39 is 0 Å². The van der Waals surface area contributed by atoms with Crippen LogP contribution in [0.15, 0.2) is 24.3 Å². The summed E-state index contributed by atoms with van der Waals surface area (Å²) in [5.41, 5.74) is 0.891. The van der Waals surface area contributed by atoms with Crippen LogP contribution in [-0.2, 0) is 14.3 Å². The van der Waals surface area contributed by atoms with Crippen molar-refractivity contribution in [3.8, 4) is 0 Å². The van der Waals surface area contributed by atoms with Crippen LogP contribution in [0, 0.1) is 5.82 Å². The smallest absolute Gasteiger partial charge is 0.249 e. The standard InChI is InChI=1S/C18H23FN2O3/c1-24-11-18(23)21-15-4-2-3-5-17(22)20-14(15)10-16(21)12-6-8-13(19)9-7-12/h6-9,14-16H,2-5,10-11H2,1H3,(H,20,22)/t14-,15+,16+/m1/s1. The SMILES string of the molecule is COCC(=O)N1[C@H](c2ccc(F)cc2)C[C@H]2NC(=O)CCCC[C@@H]21. The molecule has 2 fully saturated rings. The van der Waals surface area contributed by atoms with Crippen LogP contribution in [0.5, 0.6) is 0 Å². The first-order valence-electron chi connectivity index (χ1n) is 8.45. The first-order valence-corrected chi connectivity index (χ1v) is 8.45. The summed E-state index contributed by atoms with van der Waals surface area (Å²) < 4.78 is 18.3. The van der Waals surface area contributed by atoms with Gasteiger partial charge in [-0.1, -0.05) is 18.6 Å². The van der Waals surface area contributed by atoms with Crippen LogP contribution >= 0.6 is 0 Å². The van der Waals surface area contributed by atoms with Gasteiger partial charge in [-0.2, -0.15) is 0 Å². The molecule has 6 heteroatoms. The van der Waals surface area contributed by atoms with Crippen molar-refractivity contribution < 1.29 is 18.7 Å². The molecule has 3 atom stereocenters. The zero-order valence-electron chi connectivity index (χ0n) is 13.8. The fourth-order valence-corrected chi connectivity index (χ4v) is 3.89. The fraction of sp³-hybridized carbons (Fsp3) is 0.556. The Kier molecular flexibility index (Phi) is 5.14. The number of nitrogens with zero attached hydrogens (tertiary/aromatic N) is 1. The predicted octanol–water partition coefficient (Wildman–Crippen LogP) is 2.17. The molecule has 2 heterocycles. The van der Waals surface area contributed by atoms with Gasteiger partial charge in [-0.15, -0.1) is 0 Å². The van der Waals surface area contributed by atoms with Gasteiger partial charge >= 0.3 is 0 Å². The predicted molar refractivity (Wildman–Crippen MR) is 86.7 cm³/mol. The van der Waals surface area contributed by atoms with Crippen molar-refractivity contribution in [2.24, 2.45) is 0 Å². The molecule has 0 radical (unpaired) electrons. The molecule has 130 valence electrons. The van der Waals surface area contributed by atoms with Crippen LogP contribution in [-0.4, -0.2) is 42.5 Å². The summed E-state index contributed by atoms with van der Waals surface area (Å²) in [5, 5.41) is 3.07. The Balaban J connectivity index is 1.91. The van der Waals surface area contributed by atoms with Crippen molar-refractivity contribution in [2.75, 3.05) is 13.7 Å². The van der Waals surface area contributed by atoms with Gasteiger partial charge in [0.2, 0.25) is 11.8 Å². The maximum atomic E-state index is 13.2. The first-order chi connectivity index (χ1) is 11.6. The number of halogens is 1. The highest BCUT2D eigenvalue weighted by Crippen LogP contribution is 2.39. The Bertz CT molecular complexity index is 605. The number of benzene rings is 1. The second-order valence-corrected chi connectivity index (χ2v) is 6.52. The van der Waals surface area contributed by atoms with Crippen LogP contribution in [0.1, 0.15) is 43.7 Å². The van der Waals surface area contributed by atoms with E-state index in [9.17, 15) is 14.0 Å². The van der Waals surface area contributed by atoms with E-state index >= 15 is 0 Å². The lowest BCUT2D eigenvalue weighted by Crippen LogP contribution is -2.48. The minimum absolute atomic E-state index is 0.00879. The Morgan fingerprint density at radius 2 is 2.08 bits per heavy atom. The lowest BCUT2D eigenvalue weighted by Gasteiger charge is -2.33. The summed E-state index contributed by atoms with van der Waals surface area (Å²) in [6, 6.07) is 5.99. The molecular formula is C18H23FN2O3. The summed E-state index contributed by atoms with van der Waals surface area (Å²) in [5.74, 6) is -0.344. The zero-order chi connectivity index (χ0) is 17.1. The number of ether oxygens (including phenoxy) is 1. The van der Waals surface area contributed by atoms with E-state index in [1.54, 1.807) is 12.1 Å². The Hall–Kier alpha value is -1.95. The quantitative estimate of drug-likeness (QED) is 0.922. The minimum atomic E-state index is -0.300. The molecular weight excluding hydrogens is 311 g/mol. The van der Waals surface area contributed by atoms with Crippen molar-refractivity contribution in [1.29, 1.82) is 0 Å². The topological polar surface area (TPSA) is 58.6 Å². The van der Waals surface area contributed by atoms with Crippen molar-refractivity contribution in [3.63, 3.8) is 0 Å². The van der Waals surface area contributed by atoms with Crippen molar-refractivity contribution in [1.82, 2.24) is 10.2 Å². The summed E-state index contributed by atoms with van der Waals surface area (Å²) in [7, 11) is 1.50. The van der Waals surface area contributed by atoms with E-state index in [4.69, 9.17) is 4.74 Å². The molecule has 3 rings (SSSR count). The molecule has 2 saturated heterocycles. The molecule has 0 unspecified atom stereocenters. The van der Waals surface area contributed by atoms with E-state index in [-0.39, 0.29) is 42.4 Å². The number of methoxy groups -OCH3 is 1. The number of hydrogen-bond acceptors (Lipinski definition) is 3. The highest BCUT2D eigenvalue weighted by Gasteiger charge is 2.44. The van der Waals surface area contributed by atoms with Crippen LogP contribution in [0.2, 0.25) is 0 Å². The molecule has 0 saturated carbocycles. The van der Waals surface area contributed by atoms with Gasteiger partial charge in [0, 0.05) is 13.5 Å². The minimum Gasteiger partial charge on any atom is -0.375 e. The molecule has 1 N–H and O–H groups in total.